The highest BCUT2D eigenvalue weighted by Crippen LogP contribution is 2.31. The predicted molar refractivity (Wildman–Crippen MR) is 144 cm³/mol. The molecular weight excluding hydrogens is 503 g/mol. The molecule has 35 heavy (non-hydrogen) atoms. The lowest BCUT2D eigenvalue weighted by molar-refractivity contribution is 0.0935. The molecule has 0 aliphatic carbocycles. The van der Waals surface area contributed by atoms with Gasteiger partial charge in [0.25, 0.3) is 5.91 Å². The minimum atomic E-state index is -0.0292. The summed E-state index contributed by atoms with van der Waals surface area (Å²) in [4.78, 5) is 22.0. The van der Waals surface area contributed by atoms with E-state index in [4.69, 9.17) is 32.9 Å². The SMILES string of the molecule is O=C(NCCCN1CCC(Oc2ccc(Cl)c(Cl)c2)CC1)c1ccc2nc(N3CC=CC3)sc2c1. The quantitative estimate of drug-likeness (QED) is 0.301. The van der Waals surface area contributed by atoms with Gasteiger partial charge in [0.2, 0.25) is 0 Å². The van der Waals surface area contributed by atoms with E-state index in [2.05, 4.69) is 27.3 Å². The van der Waals surface area contributed by atoms with Gasteiger partial charge in [0.05, 0.1) is 20.3 Å². The average molecular weight is 532 g/mol. The largest absolute Gasteiger partial charge is 0.490 e. The Morgan fingerprint density at radius 1 is 1.09 bits per heavy atom. The van der Waals surface area contributed by atoms with Gasteiger partial charge in [-0.1, -0.05) is 46.7 Å². The van der Waals surface area contributed by atoms with Crippen LogP contribution in [0.1, 0.15) is 29.6 Å². The molecule has 0 atom stereocenters. The van der Waals surface area contributed by atoms with Crippen LogP contribution in [0.4, 0.5) is 5.13 Å². The highest BCUT2D eigenvalue weighted by molar-refractivity contribution is 7.22. The van der Waals surface area contributed by atoms with Crippen molar-refractivity contribution in [1.82, 2.24) is 15.2 Å². The van der Waals surface area contributed by atoms with Crippen molar-refractivity contribution in [2.24, 2.45) is 0 Å². The molecule has 184 valence electrons. The summed E-state index contributed by atoms with van der Waals surface area (Å²) in [5.74, 6) is 0.736. The van der Waals surface area contributed by atoms with Crippen molar-refractivity contribution in [3.63, 3.8) is 0 Å². The van der Waals surface area contributed by atoms with Crippen LogP contribution in [0.3, 0.4) is 0 Å². The summed E-state index contributed by atoms with van der Waals surface area (Å²) in [5.41, 5.74) is 1.63. The fourth-order valence-electron chi connectivity index (χ4n) is 4.42. The van der Waals surface area contributed by atoms with Crippen LogP contribution in [0.5, 0.6) is 5.75 Å². The number of likely N-dealkylation sites (tertiary alicyclic amines) is 1. The second-order valence-electron chi connectivity index (χ2n) is 8.90. The zero-order valence-electron chi connectivity index (χ0n) is 19.4. The molecule has 0 spiro atoms. The molecule has 2 aromatic carbocycles. The Balaban J connectivity index is 1.03. The van der Waals surface area contributed by atoms with Crippen LogP contribution in [0, 0.1) is 0 Å². The summed E-state index contributed by atoms with van der Waals surface area (Å²) in [5, 5.41) is 5.13. The first kappa shape index (κ1) is 24.4. The molecule has 2 aliphatic heterocycles. The van der Waals surface area contributed by atoms with Gasteiger partial charge in [0, 0.05) is 44.4 Å². The lowest BCUT2D eigenvalue weighted by atomic mass is 10.1. The van der Waals surface area contributed by atoms with E-state index in [0.717, 1.165) is 73.1 Å². The van der Waals surface area contributed by atoms with E-state index in [0.29, 0.717) is 22.2 Å². The van der Waals surface area contributed by atoms with Crippen LogP contribution >= 0.6 is 34.5 Å². The van der Waals surface area contributed by atoms with Gasteiger partial charge in [-0.2, -0.15) is 0 Å². The maximum Gasteiger partial charge on any atom is 0.251 e. The Hall–Kier alpha value is -2.32. The molecule has 1 amide bonds. The molecule has 0 unspecified atom stereocenters. The van der Waals surface area contributed by atoms with E-state index in [9.17, 15) is 4.79 Å². The van der Waals surface area contributed by atoms with Crippen molar-refractivity contribution in [2.45, 2.75) is 25.4 Å². The number of rotatable bonds is 8. The Labute approximate surface area is 219 Å². The Kier molecular flexibility index (Phi) is 7.78. The van der Waals surface area contributed by atoms with Gasteiger partial charge < -0.3 is 19.9 Å². The van der Waals surface area contributed by atoms with Gasteiger partial charge in [0.15, 0.2) is 5.13 Å². The molecule has 1 N–H and O–H groups in total. The van der Waals surface area contributed by atoms with Gasteiger partial charge in [0.1, 0.15) is 11.9 Å². The second kappa shape index (κ2) is 11.2. The second-order valence-corrected chi connectivity index (χ2v) is 10.7. The van der Waals surface area contributed by atoms with Crippen LogP contribution in [-0.4, -0.2) is 61.2 Å². The van der Waals surface area contributed by atoms with E-state index in [1.807, 2.05) is 24.3 Å². The molecule has 3 aromatic rings. The lowest BCUT2D eigenvalue weighted by Crippen LogP contribution is -2.39. The molecule has 3 heterocycles. The zero-order valence-corrected chi connectivity index (χ0v) is 21.7. The first-order valence-corrected chi connectivity index (χ1v) is 13.6. The number of aromatic nitrogens is 1. The topological polar surface area (TPSA) is 57.7 Å². The zero-order chi connectivity index (χ0) is 24.2. The average Bonchev–Trinajstić information content (AvgIpc) is 3.54. The van der Waals surface area contributed by atoms with Crippen molar-refractivity contribution in [3.8, 4) is 5.75 Å². The van der Waals surface area contributed by atoms with Crippen molar-refractivity contribution in [2.75, 3.05) is 44.2 Å². The molecular formula is C26H28Cl2N4O2S. The highest BCUT2D eigenvalue weighted by Gasteiger charge is 2.21. The summed E-state index contributed by atoms with van der Waals surface area (Å²) in [7, 11) is 0. The minimum Gasteiger partial charge on any atom is -0.490 e. The van der Waals surface area contributed by atoms with E-state index in [1.54, 1.807) is 23.5 Å². The van der Waals surface area contributed by atoms with Crippen LogP contribution in [-0.2, 0) is 0 Å². The van der Waals surface area contributed by atoms with Crippen molar-refractivity contribution < 1.29 is 9.53 Å². The first-order chi connectivity index (χ1) is 17.0. The lowest BCUT2D eigenvalue weighted by Gasteiger charge is -2.32. The monoisotopic (exact) mass is 530 g/mol. The fourth-order valence-corrected chi connectivity index (χ4v) is 5.73. The summed E-state index contributed by atoms with van der Waals surface area (Å²) < 4.78 is 7.12. The number of hydrogen-bond acceptors (Lipinski definition) is 6. The Bertz CT molecular complexity index is 1220. The normalized spacial score (nSPS) is 16.8. The maximum absolute atomic E-state index is 12.7. The fraction of sp³-hybridized carbons (Fsp3) is 0.385. The van der Waals surface area contributed by atoms with Crippen LogP contribution in [0.2, 0.25) is 10.0 Å². The standard InChI is InChI=1S/C26H28Cl2N4O2S/c27-21-6-5-20(17-22(21)28)34-19-8-14-31(15-9-19)11-3-10-29-25(33)18-4-7-23-24(16-18)35-26(30-23)32-12-1-2-13-32/h1-2,4-7,16-17,19H,3,8-15H2,(H,29,33). The third-order valence-corrected chi connectivity index (χ3v) is 8.21. The summed E-state index contributed by atoms with van der Waals surface area (Å²) in [6.45, 7) is 5.38. The minimum absolute atomic E-state index is 0.0292. The van der Waals surface area contributed by atoms with E-state index >= 15 is 0 Å². The van der Waals surface area contributed by atoms with Crippen molar-refractivity contribution in [3.05, 3.63) is 64.2 Å². The molecule has 0 radical (unpaired) electrons. The number of ether oxygens (including phenoxy) is 1. The third kappa shape index (κ3) is 6.09. The smallest absolute Gasteiger partial charge is 0.251 e. The number of carbonyl (C=O) groups excluding carboxylic acids is 1. The summed E-state index contributed by atoms with van der Waals surface area (Å²) in [6.07, 6.45) is 7.34. The van der Waals surface area contributed by atoms with Crippen LogP contribution < -0.4 is 15.0 Å². The predicted octanol–water partition coefficient (Wildman–Crippen LogP) is 5.64. The van der Waals surface area contributed by atoms with E-state index in [1.165, 1.54) is 0 Å². The number of benzene rings is 2. The number of fused-ring (bicyclic) bond motifs is 1. The Morgan fingerprint density at radius 2 is 1.89 bits per heavy atom. The molecule has 1 aromatic heterocycles. The Morgan fingerprint density at radius 3 is 2.66 bits per heavy atom. The molecule has 1 saturated heterocycles. The van der Waals surface area contributed by atoms with Gasteiger partial charge in [-0.15, -0.1) is 0 Å². The number of nitrogens with one attached hydrogen (secondary N) is 1. The first-order valence-electron chi connectivity index (χ1n) is 12.0. The number of hydrogen-bond donors (Lipinski definition) is 1. The van der Waals surface area contributed by atoms with Crippen LogP contribution in [0.25, 0.3) is 10.2 Å². The molecule has 9 heteroatoms. The number of halogens is 2. The molecule has 5 rings (SSSR count). The summed E-state index contributed by atoms with van der Waals surface area (Å²) in [6, 6.07) is 11.2. The van der Waals surface area contributed by atoms with Gasteiger partial charge in [-0.05, 0) is 56.1 Å². The van der Waals surface area contributed by atoms with Gasteiger partial charge in [-0.25, -0.2) is 4.98 Å². The number of anilines is 1. The number of amides is 1. The van der Waals surface area contributed by atoms with Crippen molar-refractivity contribution >= 4 is 55.8 Å². The number of nitrogens with zero attached hydrogens (tertiary/aromatic N) is 3. The third-order valence-electron chi connectivity index (χ3n) is 6.39. The van der Waals surface area contributed by atoms with Crippen molar-refractivity contribution in [1.29, 1.82) is 0 Å². The van der Waals surface area contributed by atoms with E-state index < -0.39 is 0 Å². The molecule has 6 nitrogen and oxygen atoms in total. The molecule has 1 fully saturated rings. The van der Waals surface area contributed by atoms with E-state index in [-0.39, 0.29) is 12.0 Å². The number of thiazole rings is 1. The van der Waals surface area contributed by atoms with Gasteiger partial charge >= 0.3 is 0 Å². The maximum atomic E-state index is 12.7. The van der Waals surface area contributed by atoms with Crippen LogP contribution in [0.15, 0.2) is 48.6 Å². The number of piperidine rings is 1. The molecule has 0 saturated carbocycles. The van der Waals surface area contributed by atoms with Gasteiger partial charge in [-0.3, -0.25) is 4.79 Å². The molecule has 0 bridgehead atoms. The highest BCUT2D eigenvalue weighted by atomic mass is 35.5. The summed E-state index contributed by atoms with van der Waals surface area (Å²) >= 11 is 13.7. The molecule has 2 aliphatic rings. The number of carbonyl (C=O) groups is 1.